The molecule has 0 bridgehead atoms. The van der Waals surface area contributed by atoms with Crippen molar-refractivity contribution in [3.05, 3.63) is 0 Å². The lowest BCUT2D eigenvalue weighted by atomic mass is 10.4. The number of likely N-dealkylation sites (N-methyl/N-ethyl adjacent to an activating group) is 1. The highest BCUT2D eigenvalue weighted by molar-refractivity contribution is 6.60. The first-order chi connectivity index (χ1) is 10.3. The number of nitrogens with zero attached hydrogens (tertiary/aromatic N) is 2. The highest BCUT2D eigenvalue weighted by atomic mass is 28.4. The Hall–Kier alpha value is -1.20. The largest absolute Gasteiger partial charge is 0.633 e. The Morgan fingerprint density at radius 1 is 1.09 bits per heavy atom. The quantitative estimate of drug-likeness (QED) is 0.504. The summed E-state index contributed by atoms with van der Waals surface area (Å²) >= 11 is 0. The van der Waals surface area contributed by atoms with Crippen molar-refractivity contribution >= 4 is 21.0 Å². The number of hydrogen-bond donors (Lipinski definition) is 2. The lowest BCUT2D eigenvalue weighted by molar-refractivity contribution is -0.137. The van der Waals surface area contributed by atoms with E-state index in [4.69, 9.17) is 18.4 Å². The molecule has 0 aliphatic heterocycles. The molecule has 0 saturated heterocycles. The van der Waals surface area contributed by atoms with Crippen molar-refractivity contribution in [2.45, 2.75) is 13.3 Å². The summed E-state index contributed by atoms with van der Waals surface area (Å²) in [5.41, 5.74) is 0. The Morgan fingerprint density at radius 3 is 2.05 bits per heavy atom. The molecule has 0 aromatic carbocycles. The first-order valence-electron chi connectivity index (χ1n) is 6.97. The highest BCUT2D eigenvalue weighted by Gasteiger charge is 2.42. The molecule has 22 heavy (non-hydrogen) atoms. The average Bonchev–Trinajstić information content (AvgIpc) is 2.48. The van der Waals surface area contributed by atoms with Gasteiger partial charge in [0.25, 0.3) is 0 Å². The minimum atomic E-state index is -3.20. The third-order valence-corrected chi connectivity index (χ3v) is 5.14. The molecule has 0 unspecified atom stereocenters. The number of carboxylic acid groups (broad SMARTS) is 1. The number of amides is 2. The van der Waals surface area contributed by atoms with Gasteiger partial charge in [0.05, 0.1) is 6.54 Å². The number of aliphatic carboxylic acids is 1. The van der Waals surface area contributed by atoms with Crippen molar-refractivity contribution in [1.29, 1.82) is 0 Å². The number of hydrogen-bond acceptors (Lipinski definition) is 6. The fourth-order valence-electron chi connectivity index (χ4n) is 1.80. The lowest BCUT2D eigenvalue weighted by Crippen LogP contribution is -2.62. The Morgan fingerprint density at radius 2 is 1.64 bits per heavy atom. The van der Waals surface area contributed by atoms with Gasteiger partial charge in [0.2, 0.25) is 0 Å². The second kappa shape index (κ2) is 10.5. The zero-order valence-corrected chi connectivity index (χ0v) is 14.9. The van der Waals surface area contributed by atoms with Crippen LogP contribution in [0.2, 0.25) is 0 Å². The molecule has 0 aliphatic carbocycles. The van der Waals surface area contributed by atoms with E-state index in [1.54, 1.807) is 16.8 Å². The number of urea groups is 1. The Kier molecular flexibility index (Phi) is 9.94. The van der Waals surface area contributed by atoms with Crippen LogP contribution in [0.5, 0.6) is 0 Å². The minimum absolute atomic E-state index is 0.0749. The van der Waals surface area contributed by atoms with Crippen LogP contribution in [0, 0.1) is 0 Å². The molecule has 10 heteroatoms. The van der Waals surface area contributed by atoms with Gasteiger partial charge in [0.1, 0.15) is 0 Å². The van der Waals surface area contributed by atoms with Gasteiger partial charge in [-0.2, -0.15) is 0 Å². The molecule has 0 rings (SSSR count). The van der Waals surface area contributed by atoms with Gasteiger partial charge in [-0.15, -0.1) is 0 Å². The van der Waals surface area contributed by atoms with Crippen LogP contribution < -0.4 is 4.98 Å². The van der Waals surface area contributed by atoms with Gasteiger partial charge >= 0.3 is 21.0 Å². The second-order valence-corrected chi connectivity index (χ2v) is 7.30. The van der Waals surface area contributed by atoms with Crippen molar-refractivity contribution in [1.82, 2.24) is 14.8 Å². The number of carbonyl (C=O) groups is 2. The molecule has 0 saturated carbocycles. The molecular formula is C12H27N3O6Si. The molecular weight excluding hydrogens is 310 g/mol. The van der Waals surface area contributed by atoms with E-state index in [9.17, 15) is 9.59 Å². The van der Waals surface area contributed by atoms with Gasteiger partial charge in [-0.1, -0.05) is 6.92 Å². The minimum Gasteiger partial charge on any atom is -0.480 e. The molecule has 0 aliphatic rings. The summed E-state index contributed by atoms with van der Waals surface area (Å²) in [5.74, 6) is -0.904. The van der Waals surface area contributed by atoms with Gasteiger partial charge in [0.15, 0.2) is 0 Å². The molecule has 0 fully saturated rings. The van der Waals surface area contributed by atoms with Crippen LogP contribution in [0.3, 0.4) is 0 Å². The van der Waals surface area contributed by atoms with Crippen molar-refractivity contribution in [3.8, 4) is 0 Å². The van der Waals surface area contributed by atoms with E-state index in [2.05, 4.69) is 4.98 Å². The van der Waals surface area contributed by atoms with Gasteiger partial charge in [-0.05, 0) is 13.5 Å². The van der Waals surface area contributed by atoms with Crippen LogP contribution in [0.4, 0.5) is 4.79 Å². The molecule has 0 aromatic heterocycles. The molecule has 2 N–H and O–H groups in total. The summed E-state index contributed by atoms with van der Waals surface area (Å²) in [7, 11) is 2.71. The average molecular weight is 337 g/mol. The first kappa shape index (κ1) is 20.8. The zero-order valence-electron chi connectivity index (χ0n) is 13.9. The lowest BCUT2D eigenvalue weighted by Gasteiger charge is -2.29. The maximum atomic E-state index is 12.3. The summed E-state index contributed by atoms with van der Waals surface area (Å²) in [6.07, 6.45) is 0.775. The van der Waals surface area contributed by atoms with E-state index < -0.39 is 14.9 Å². The van der Waals surface area contributed by atoms with Crippen molar-refractivity contribution in [2.75, 3.05) is 54.6 Å². The standard InChI is InChI=1S/C12H27N3O6Si/c1-6-7-15(9-8-14(2)10-11(16)17)12(18)13-22(19-3,20-4)21-5/h6-10H2,1-5H3,(H,13,18)(H,16,17). The number of carbonyl (C=O) groups excluding carboxylic acids is 1. The molecule has 0 radical (unpaired) electrons. The van der Waals surface area contributed by atoms with Crippen LogP contribution >= 0.6 is 0 Å². The summed E-state index contributed by atoms with van der Waals surface area (Å²) in [6, 6.07) is -0.359. The predicted molar refractivity (Wildman–Crippen MR) is 82.3 cm³/mol. The van der Waals surface area contributed by atoms with Crippen molar-refractivity contribution < 1.29 is 28.0 Å². The van der Waals surface area contributed by atoms with Crippen molar-refractivity contribution in [3.63, 3.8) is 0 Å². The smallest absolute Gasteiger partial charge is 0.480 e. The topological polar surface area (TPSA) is 101 Å². The van der Waals surface area contributed by atoms with E-state index in [-0.39, 0.29) is 12.6 Å². The highest BCUT2D eigenvalue weighted by Crippen LogP contribution is 2.04. The van der Waals surface area contributed by atoms with Crippen molar-refractivity contribution in [2.24, 2.45) is 0 Å². The molecule has 0 heterocycles. The Bertz CT molecular complexity index is 345. The van der Waals surface area contributed by atoms with Gasteiger partial charge in [-0.25, -0.2) is 4.79 Å². The van der Waals surface area contributed by atoms with E-state index in [1.165, 1.54) is 21.3 Å². The summed E-state index contributed by atoms with van der Waals surface area (Å²) in [5, 5.41) is 8.73. The van der Waals surface area contributed by atoms with Gasteiger partial charge < -0.3 is 23.3 Å². The predicted octanol–water partition coefficient (Wildman–Crippen LogP) is -0.201. The summed E-state index contributed by atoms with van der Waals surface area (Å²) in [6.45, 7) is 3.25. The summed E-state index contributed by atoms with van der Waals surface area (Å²) in [4.78, 5) is 28.8. The van der Waals surface area contributed by atoms with E-state index >= 15 is 0 Å². The zero-order chi connectivity index (χ0) is 17.2. The van der Waals surface area contributed by atoms with Crippen LogP contribution in [0.25, 0.3) is 0 Å². The van der Waals surface area contributed by atoms with Gasteiger partial charge in [0, 0.05) is 41.0 Å². The molecule has 0 aromatic rings. The second-order valence-electron chi connectivity index (χ2n) is 4.72. The third kappa shape index (κ3) is 7.18. The van der Waals surface area contributed by atoms with Crippen LogP contribution in [0.1, 0.15) is 13.3 Å². The monoisotopic (exact) mass is 337 g/mol. The fraction of sp³-hybridized carbons (Fsp3) is 0.833. The maximum absolute atomic E-state index is 12.3. The fourth-order valence-corrected chi connectivity index (χ4v) is 3.03. The van der Waals surface area contributed by atoms with Crippen LogP contribution in [0.15, 0.2) is 0 Å². The van der Waals surface area contributed by atoms with E-state index in [1.807, 2.05) is 6.92 Å². The normalized spacial score (nSPS) is 11.5. The van der Waals surface area contributed by atoms with E-state index in [0.29, 0.717) is 19.6 Å². The first-order valence-corrected chi connectivity index (χ1v) is 8.69. The number of rotatable bonds is 11. The number of nitrogens with one attached hydrogen (secondary N) is 1. The summed E-state index contributed by atoms with van der Waals surface area (Å²) < 4.78 is 15.5. The third-order valence-electron chi connectivity index (χ3n) is 3.00. The molecule has 0 spiro atoms. The Labute approximate surface area is 132 Å². The molecule has 0 atom stereocenters. The molecule has 130 valence electrons. The molecule has 9 nitrogen and oxygen atoms in total. The molecule has 2 amide bonds. The van der Waals surface area contributed by atoms with Gasteiger partial charge in [-0.3, -0.25) is 14.7 Å². The SMILES string of the molecule is CCCN(CCN(C)CC(=O)O)C(=O)N[Si](OC)(OC)OC. The Balaban J connectivity index is 4.65. The van der Waals surface area contributed by atoms with E-state index in [0.717, 1.165) is 6.42 Å². The maximum Gasteiger partial charge on any atom is 0.633 e. The number of carboxylic acids is 1. The van der Waals surface area contributed by atoms with Crippen LogP contribution in [-0.4, -0.2) is 90.4 Å². The van der Waals surface area contributed by atoms with Crippen LogP contribution in [-0.2, 0) is 18.1 Å².